The molecule has 0 aliphatic carbocycles. The number of rotatable bonds is 4. The Kier molecular flexibility index (Phi) is 4.74. The van der Waals surface area contributed by atoms with Gasteiger partial charge in [0, 0.05) is 0 Å². The molecule has 0 radical (unpaired) electrons. The Morgan fingerprint density at radius 1 is 1.11 bits per heavy atom. The minimum Gasteiger partial charge on any atom is -0.248 e. The lowest BCUT2D eigenvalue weighted by atomic mass is 10.1. The van der Waals surface area contributed by atoms with Crippen LogP contribution in [-0.2, 0) is 0 Å². The molecule has 0 fully saturated rings. The lowest BCUT2D eigenvalue weighted by molar-refractivity contribution is 0.324. The fourth-order valence-corrected chi connectivity index (χ4v) is 0.807. The van der Waals surface area contributed by atoms with E-state index in [9.17, 15) is 4.39 Å². The molecule has 0 aromatic heterocycles. The molecule has 0 spiro atoms. The maximum Gasteiger partial charge on any atom is 0.0973 e. The van der Waals surface area contributed by atoms with E-state index in [0.29, 0.717) is 0 Å². The average Bonchev–Trinajstić information content (AvgIpc) is 1.63. The molecule has 0 aliphatic rings. The van der Waals surface area contributed by atoms with E-state index in [1.807, 2.05) is 0 Å². The summed E-state index contributed by atoms with van der Waals surface area (Å²) < 4.78 is 12.2. The lowest BCUT2D eigenvalue weighted by Gasteiger charge is -2.03. The third-order valence-electron chi connectivity index (χ3n) is 1.38. The Bertz CT molecular complexity index is 49.6. The van der Waals surface area contributed by atoms with Crippen LogP contribution in [0, 0.1) is 5.92 Å². The Morgan fingerprint density at radius 2 is 1.67 bits per heavy atom. The molecular formula is C8H17F. The number of alkyl halides is 1. The molecule has 9 heavy (non-hydrogen) atoms. The van der Waals surface area contributed by atoms with Crippen LogP contribution in [0.15, 0.2) is 0 Å². The van der Waals surface area contributed by atoms with Gasteiger partial charge in [0.15, 0.2) is 0 Å². The predicted molar refractivity (Wildman–Crippen MR) is 39.3 cm³/mol. The SMILES string of the molecule is CC(C)CCCC(C)F. The zero-order valence-corrected chi connectivity index (χ0v) is 6.65. The van der Waals surface area contributed by atoms with Crippen LogP contribution in [0.4, 0.5) is 4.39 Å². The molecule has 0 aliphatic heterocycles. The summed E-state index contributed by atoms with van der Waals surface area (Å²) in [6, 6.07) is 0. The van der Waals surface area contributed by atoms with Crippen LogP contribution in [0.2, 0.25) is 0 Å². The molecule has 0 bridgehead atoms. The first-order valence-corrected chi connectivity index (χ1v) is 3.77. The van der Waals surface area contributed by atoms with Crippen LogP contribution < -0.4 is 0 Å². The number of halogens is 1. The minimum absolute atomic E-state index is 0.608. The molecule has 0 aromatic rings. The van der Waals surface area contributed by atoms with Crippen molar-refractivity contribution in [3.8, 4) is 0 Å². The lowest BCUT2D eigenvalue weighted by Crippen LogP contribution is -1.94. The molecule has 0 N–H and O–H groups in total. The fraction of sp³-hybridized carbons (Fsp3) is 1.00. The average molecular weight is 132 g/mol. The van der Waals surface area contributed by atoms with Gasteiger partial charge >= 0.3 is 0 Å². The second-order valence-corrected chi connectivity index (χ2v) is 3.11. The molecule has 56 valence electrons. The highest BCUT2D eigenvalue weighted by molar-refractivity contribution is 4.50. The first kappa shape index (κ1) is 8.93. The Hall–Kier alpha value is -0.0700. The highest BCUT2D eigenvalue weighted by atomic mass is 19.1. The summed E-state index contributed by atoms with van der Waals surface area (Å²) in [5.41, 5.74) is 0. The van der Waals surface area contributed by atoms with Crippen molar-refractivity contribution in [2.75, 3.05) is 0 Å². The van der Waals surface area contributed by atoms with Crippen molar-refractivity contribution in [3.05, 3.63) is 0 Å². The number of hydrogen-bond donors (Lipinski definition) is 0. The first-order valence-electron chi connectivity index (χ1n) is 3.77. The fourth-order valence-electron chi connectivity index (χ4n) is 0.807. The summed E-state index contributed by atoms with van der Waals surface area (Å²) in [6.07, 6.45) is 2.32. The maximum atomic E-state index is 12.2. The van der Waals surface area contributed by atoms with E-state index < -0.39 is 6.17 Å². The third-order valence-corrected chi connectivity index (χ3v) is 1.38. The molecular weight excluding hydrogens is 115 g/mol. The smallest absolute Gasteiger partial charge is 0.0973 e. The van der Waals surface area contributed by atoms with Crippen molar-refractivity contribution in [1.82, 2.24) is 0 Å². The zero-order valence-electron chi connectivity index (χ0n) is 6.65. The van der Waals surface area contributed by atoms with E-state index in [0.717, 1.165) is 25.2 Å². The second-order valence-electron chi connectivity index (χ2n) is 3.11. The largest absolute Gasteiger partial charge is 0.248 e. The molecule has 1 atom stereocenters. The van der Waals surface area contributed by atoms with E-state index in [2.05, 4.69) is 13.8 Å². The van der Waals surface area contributed by atoms with E-state index in [-0.39, 0.29) is 0 Å². The third kappa shape index (κ3) is 7.93. The summed E-state index contributed by atoms with van der Waals surface area (Å²) in [6.45, 7) is 5.96. The summed E-state index contributed by atoms with van der Waals surface area (Å²) >= 11 is 0. The van der Waals surface area contributed by atoms with Crippen LogP contribution in [0.5, 0.6) is 0 Å². The maximum absolute atomic E-state index is 12.2. The molecule has 0 heterocycles. The normalized spacial score (nSPS) is 14.3. The molecule has 0 nitrogen and oxygen atoms in total. The molecule has 0 rings (SSSR count). The van der Waals surface area contributed by atoms with Gasteiger partial charge in [-0.2, -0.15) is 0 Å². The number of hydrogen-bond acceptors (Lipinski definition) is 0. The molecule has 0 saturated heterocycles. The van der Waals surface area contributed by atoms with Crippen molar-refractivity contribution in [3.63, 3.8) is 0 Å². The van der Waals surface area contributed by atoms with Crippen LogP contribution in [-0.4, -0.2) is 6.17 Å². The monoisotopic (exact) mass is 132 g/mol. The van der Waals surface area contributed by atoms with Gasteiger partial charge in [-0.25, -0.2) is 4.39 Å². The van der Waals surface area contributed by atoms with Crippen LogP contribution in [0.3, 0.4) is 0 Å². The van der Waals surface area contributed by atoms with E-state index in [4.69, 9.17) is 0 Å². The Balaban J connectivity index is 2.91. The van der Waals surface area contributed by atoms with Crippen molar-refractivity contribution in [1.29, 1.82) is 0 Å². The molecule has 1 heteroatoms. The van der Waals surface area contributed by atoms with Crippen molar-refractivity contribution < 1.29 is 4.39 Å². The van der Waals surface area contributed by atoms with Gasteiger partial charge in [0.05, 0.1) is 6.17 Å². The van der Waals surface area contributed by atoms with Gasteiger partial charge in [0.1, 0.15) is 0 Å². The van der Waals surface area contributed by atoms with Crippen LogP contribution in [0.25, 0.3) is 0 Å². The standard InChI is InChI=1S/C8H17F/c1-7(2)5-4-6-8(3)9/h7-8H,4-6H2,1-3H3. The van der Waals surface area contributed by atoms with Gasteiger partial charge < -0.3 is 0 Å². The highest BCUT2D eigenvalue weighted by Crippen LogP contribution is 2.09. The van der Waals surface area contributed by atoms with E-state index >= 15 is 0 Å². The van der Waals surface area contributed by atoms with E-state index in [1.54, 1.807) is 6.92 Å². The predicted octanol–water partition coefficient (Wildman–Crippen LogP) is 3.17. The van der Waals surface area contributed by atoms with Gasteiger partial charge in [0.2, 0.25) is 0 Å². The van der Waals surface area contributed by atoms with Crippen molar-refractivity contribution in [2.45, 2.75) is 46.2 Å². The first-order chi connectivity index (χ1) is 4.13. The second kappa shape index (κ2) is 4.78. The summed E-state index contributed by atoms with van der Waals surface area (Å²) in [5, 5.41) is 0. The van der Waals surface area contributed by atoms with Crippen LogP contribution in [0.1, 0.15) is 40.0 Å². The van der Waals surface area contributed by atoms with Crippen molar-refractivity contribution in [2.24, 2.45) is 5.92 Å². The van der Waals surface area contributed by atoms with Gasteiger partial charge in [-0.15, -0.1) is 0 Å². The van der Waals surface area contributed by atoms with Crippen LogP contribution >= 0.6 is 0 Å². The summed E-state index contributed by atoms with van der Waals surface area (Å²) in [4.78, 5) is 0. The highest BCUT2D eigenvalue weighted by Gasteiger charge is 1.98. The Labute approximate surface area is 57.5 Å². The molecule has 0 amide bonds. The quantitative estimate of drug-likeness (QED) is 0.551. The van der Waals surface area contributed by atoms with E-state index in [1.165, 1.54) is 0 Å². The minimum atomic E-state index is -0.608. The molecule has 0 aromatic carbocycles. The Morgan fingerprint density at radius 3 is 2.00 bits per heavy atom. The molecule has 1 unspecified atom stereocenters. The zero-order chi connectivity index (χ0) is 7.28. The van der Waals surface area contributed by atoms with Crippen molar-refractivity contribution >= 4 is 0 Å². The molecule has 0 saturated carbocycles. The topological polar surface area (TPSA) is 0 Å². The van der Waals surface area contributed by atoms with Gasteiger partial charge in [-0.1, -0.05) is 26.7 Å². The summed E-state index contributed by atoms with van der Waals surface area (Å²) in [7, 11) is 0. The van der Waals surface area contributed by atoms with Gasteiger partial charge in [-0.05, 0) is 19.3 Å². The summed E-state index contributed by atoms with van der Waals surface area (Å²) in [5.74, 6) is 0.726. The van der Waals surface area contributed by atoms with Gasteiger partial charge in [0.25, 0.3) is 0 Å². The van der Waals surface area contributed by atoms with Gasteiger partial charge in [-0.3, -0.25) is 0 Å².